The van der Waals surface area contributed by atoms with Crippen molar-refractivity contribution in [2.24, 2.45) is 17.6 Å². The van der Waals surface area contributed by atoms with E-state index in [1.54, 1.807) is 12.1 Å². The first-order chi connectivity index (χ1) is 15.8. The van der Waals surface area contributed by atoms with Crippen molar-refractivity contribution < 1.29 is 22.7 Å². The molecule has 33 heavy (non-hydrogen) atoms. The Morgan fingerprint density at radius 2 is 1.91 bits per heavy atom. The van der Waals surface area contributed by atoms with E-state index in [2.05, 4.69) is 10.3 Å². The zero-order valence-corrected chi connectivity index (χ0v) is 18.1. The van der Waals surface area contributed by atoms with Gasteiger partial charge in [-0.2, -0.15) is 0 Å². The molecule has 0 bridgehead atoms. The lowest BCUT2D eigenvalue weighted by atomic mass is 9.71. The van der Waals surface area contributed by atoms with Crippen LogP contribution in [0.3, 0.4) is 0 Å². The number of carbonyl (C=O) groups excluding carboxylic acids is 1. The third-order valence-corrected chi connectivity index (χ3v) is 6.91. The molecule has 5 nitrogen and oxygen atoms in total. The Balaban J connectivity index is 1.32. The normalized spacial score (nSPS) is 24.7. The van der Waals surface area contributed by atoms with Gasteiger partial charge in [0.15, 0.2) is 0 Å². The molecule has 1 saturated carbocycles. The number of nitrogens with one attached hydrogen (secondary N) is 2. The first-order valence-corrected chi connectivity index (χ1v) is 11.2. The van der Waals surface area contributed by atoms with Crippen LogP contribution in [0.2, 0.25) is 0 Å². The number of benzene rings is 2. The van der Waals surface area contributed by atoms with E-state index in [1.807, 2.05) is 0 Å². The molecule has 3 aromatic rings. The number of hydrogen-bond acceptors (Lipinski definition) is 3. The molecule has 1 atom stereocenters. The second-order valence-electron chi connectivity index (χ2n) is 9.42. The van der Waals surface area contributed by atoms with Crippen molar-refractivity contribution in [1.29, 1.82) is 0 Å². The third kappa shape index (κ3) is 4.37. The lowest BCUT2D eigenvalue weighted by molar-refractivity contribution is -0.129. The molecule has 2 aliphatic rings. The van der Waals surface area contributed by atoms with Crippen LogP contribution in [0, 0.1) is 29.3 Å². The van der Waals surface area contributed by atoms with Crippen molar-refractivity contribution >= 4 is 16.8 Å². The number of fused-ring (bicyclic) bond motifs is 1. The predicted molar refractivity (Wildman–Crippen MR) is 119 cm³/mol. The van der Waals surface area contributed by atoms with Crippen molar-refractivity contribution in [2.45, 2.75) is 31.2 Å². The van der Waals surface area contributed by atoms with Crippen LogP contribution in [0.25, 0.3) is 22.2 Å². The fraction of sp³-hybridized carbons (Fsp3) is 0.400. The van der Waals surface area contributed by atoms with E-state index in [-0.39, 0.29) is 29.1 Å². The summed E-state index contributed by atoms with van der Waals surface area (Å²) in [6.07, 6.45) is 2.66. The number of amides is 1. The summed E-state index contributed by atoms with van der Waals surface area (Å²) in [6, 6.07) is 8.08. The van der Waals surface area contributed by atoms with Crippen LogP contribution < -0.4 is 11.1 Å². The van der Waals surface area contributed by atoms with E-state index >= 15 is 0 Å². The SMILES string of the molecule is NC1(CNC(=O)C2CC(Cc3c(-c4ccc(F)cc4)[nH]c4c(F)cc(F)cc34)C2)CCOC1. The number of aromatic amines is 1. The minimum absolute atomic E-state index is 0.0160. The van der Waals surface area contributed by atoms with E-state index in [9.17, 15) is 18.0 Å². The molecule has 1 amide bonds. The molecule has 1 aliphatic heterocycles. The summed E-state index contributed by atoms with van der Waals surface area (Å²) in [6.45, 7) is 1.45. The molecule has 1 saturated heterocycles. The number of aromatic nitrogens is 1. The number of halogens is 3. The van der Waals surface area contributed by atoms with E-state index in [0.717, 1.165) is 18.1 Å². The Labute approximate surface area is 189 Å². The molecule has 1 unspecified atom stereocenters. The van der Waals surface area contributed by atoms with Gasteiger partial charge in [-0.1, -0.05) is 0 Å². The molecule has 1 aromatic heterocycles. The monoisotopic (exact) mass is 457 g/mol. The molecule has 1 aliphatic carbocycles. The molecular formula is C25H26F3N3O2. The molecule has 2 aromatic carbocycles. The first-order valence-electron chi connectivity index (χ1n) is 11.2. The lowest BCUT2D eigenvalue weighted by Crippen LogP contribution is -2.52. The maximum absolute atomic E-state index is 14.5. The Hall–Kier alpha value is -2.84. The summed E-state index contributed by atoms with van der Waals surface area (Å²) >= 11 is 0. The van der Waals surface area contributed by atoms with Gasteiger partial charge < -0.3 is 20.8 Å². The van der Waals surface area contributed by atoms with E-state index in [0.29, 0.717) is 55.7 Å². The van der Waals surface area contributed by atoms with Crippen molar-refractivity contribution in [2.75, 3.05) is 19.8 Å². The molecule has 0 spiro atoms. The maximum atomic E-state index is 14.5. The topological polar surface area (TPSA) is 80.1 Å². The summed E-state index contributed by atoms with van der Waals surface area (Å²) in [7, 11) is 0. The van der Waals surface area contributed by atoms with Crippen LogP contribution in [0.4, 0.5) is 13.2 Å². The van der Waals surface area contributed by atoms with Gasteiger partial charge >= 0.3 is 0 Å². The highest BCUT2D eigenvalue weighted by Crippen LogP contribution is 2.41. The Morgan fingerprint density at radius 3 is 2.61 bits per heavy atom. The van der Waals surface area contributed by atoms with Crippen molar-refractivity contribution in [3.63, 3.8) is 0 Å². The van der Waals surface area contributed by atoms with Gasteiger partial charge in [0.25, 0.3) is 0 Å². The second kappa shape index (κ2) is 8.50. The summed E-state index contributed by atoms with van der Waals surface area (Å²) in [5.74, 6) is -1.61. The fourth-order valence-corrected chi connectivity index (χ4v) is 4.92. The van der Waals surface area contributed by atoms with Crippen LogP contribution >= 0.6 is 0 Å². The molecule has 8 heteroatoms. The average Bonchev–Trinajstić information content (AvgIpc) is 3.34. The van der Waals surface area contributed by atoms with E-state index in [4.69, 9.17) is 10.5 Å². The highest BCUT2D eigenvalue weighted by atomic mass is 19.1. The number of hydrogen-bond donors (Lipinski definition) is 3. The smallest absolute Gasteiger partial charge is 0.223 e. The number of carbonyl (C=O) groups is 1. The quantitative estimate of drug-likeness (QED) is 0.522. The number of rotatable bonds is 6. The highest BCUT2D eigenvalue weighted by molar-refractivity contribution is 5.91. The van der Waals surface area contributed by atoms with Gasteiger partial charge in [0.05, 0.1) is 17.7 Å². The summed E-state index contributed by atoms with van der Waals surface area (Å²) < 4.78 is 47.2. The zero-order chi connectivity index (χ0) is 23.2. The highest BCUT2D eigenvalue weighted by Gasteiger charge is 2.37. The third-order valence-electron chi connectivity index (χ3n) is 6.91. The van der Waals surface area contributed by atoms with Crippen LogP contribution in [0.1, 0.15) is 24.8 Å². The lowest BCUT2D eigenvalue weighted by Gasteiger charge is -2.35. The average molecular weight is 457 g/mol. The standard InChI is InChI=1S/C25H26F3N3O2/c26-17-3-1-15(2-4-17)22-19(20-10-18(27)11-21(28)23(20)31-22)9-14-7-16(8-14)24(32)30-12-25(29)5-6-33-13-25/h1-4,10-11,14,16,31H,5-9,12-13,29H2,(H,30,32). The summed E-state index contributed by atoms with van der Waals surface area (Å²) in [5, 5.41) is 3.43. The van der Waals surface area contributed by atoms with E-state index in [1.165, 1.54) is 18.2 Å². The van der Waals surface area contributed by atoms with Crippen LogP contribution in [0.15, 0.2) is 36.4 Å². The molecule has 4 N–H and O–H groups in total. The summed E-state index contributed by atoms with van der Waals surface area (Å²) in [4.78, 5) is 15.6. The Kier molecular flexibility index (Phi) is 5.66. The van der Waals surface area contributed by atoms with Gasteiger partial charge in [0.1, 0.15) is 17.5 Å². The van der Waals surface area contributed by atoms with Crippen LogP contribution in [-0.2, 0) is 16.0 Å². The number of nitrogens with two attached hydrogens (primary N) is 1. The molecule has 5 rings (SSSR count). The number of ether oxygens (including phenoxy) is 1. The Morgan fingerprint density at radius 1 is 1.15 bits per heavy atom. The second-order valence-corrected chi connectivity index (χ2v) is 9.42. The number of H-pyrrole nitrogens is 1. The van der Waals surface area contributed by atoms with Crippen molar-refractivity contribution in [1.82, 2.24) is 10.3 Å². The van der Waals surface area contributed by atoms with E-state index < -0.39 is 17.2 Å². The zero-order valence-electron chi connectivity index (χ0n) is 18.1. The van der Waals surface area contributed by atoms with Crippen molar-refractivity contribution in [3.8, 4) is 11.3 Å². The maximum Gasteiger partial charge on any atom is 0.223 e. The van der Waals surface area contributed by atoms with Gasteiger partial charge in [0.2, 0.25) is 5.91 Å². The molecule has 2 heterocycles. The molecule has 174 valence electrons. The van der Waals surface area contributed by atoms with Gasteiger partial charge in [0, 0.05) is 36.2 Å². The largest absolute Gasteiger partial charge is 0.379 e. The van der Waals surface area contributed by atoms with Gasteiger partial charge in [-0.25, -0.2) is 13.2 Å². The minimum Gasteiger partial charge on any atom is -0.379 e. The van der Waals surface area contributed by atoms with Crippen LogP contribution in [0.5, 0.6) is 0 Å². The predicted octanol–water partition coefficient (Wildman–Crippen LogP) is 4.05. The Bertz CT molecular complexity index is 1180. The van der Waals surface area contributed by atoms with Gasteiger partial charge in [-0.15, -0.1) is 0 Å². The van der Waals surface area contributed by atoms with Crippen LogP contribution in [-0.4, -0.2) is 36.2 Å². The molecular weight excluding hydrogens is 431 g/mol. The molecule has 0 radical (unpaired) electrons. The molecule has 2 fully saturated rings. The van der Waals surface area contributed by atoms with Gasteiger partial charge in [-0.05, 0) is 73.1 Å². The fourth-order valence-electron chi connectivity index (χ4n) is 4.92. The van der Waals surface area contributed by atoms with Gasteiger partial charge in [-0.3, -0.25) is 4.79 Å². The first kappa shape index (κ1) is 22.0. The summed E-state index contributed by atoms with van der Waals surface area (Å²) in [5.41, 5.74) is 8.07. The minimum atomic E-state index is -0.669. The van der Waals surface area contributed by atoms with Crippen molar-refractivity contribution in [3.05, 3.63) is 59.4 Å².